The van der Waals surface area contributed by atoms with Gasteiger partial charge in [-0.3, -0.25) is 9.59 Å². The summed E-state index contributed by atoms with van der Waals surface area (Å²) in [6, 6.07) is 0. The van der Waals surface area contributed by atoms with Gasteiger partial charge in [-0.15, -0.1) is 0 Å². The van der Waals surface area contributed by atoms with Crippen LogP contribution in [0.5, 0.6) is 0 Å². The molecule has 0 aliphatic carbocycles. The highest BCUT2D eigenvalue weighted by atomic mass is 16.4. The summed E-state index contributed by atoms with van der Waals surface area (Å²) >= 11 is 0. The van der Waals surface area contributed by atoms with Crippen molar-refractivity contribution in [2.24, 2.45) is 5.92 Å². The van der Waals surface area contributed by atoms with E-state index in [9.17, 15) is 9.59 Å². The number of hydrogen-bond acceptors (Lipinski definition) is 3. The quantitative estimate of drug-likeness (QED) is 0.678. The molecule has 0 bridgehead atoms. The average Bonchev–Trinajstić information content (AvgIpc) is 2.34. The molecule has 0 atom stereocenters. The van der Waals surface area contributed by atoms with Gasteiger partial charge in [0.15, 0.2) is 0 Å². The van der Waals surface area contributed by atoms with Crippen LogP contribution >= 0.6 is 0 Å². The van der Waals surface area contributed by atoms with Crippen LogP contribution in [0.4, 0.5) is 0 Å². The average molecular weight is 243 g/mol. The lowest BCUT2D eigenvalue weighted by Gasteiger charge is -2.31. The number of aliphatic hydroxyl groups excluding tert-OH is 1. The largest absolute Gasteiger partial charge is 0.481 e. The van der Waals surface area contributed by atoms with E-state index in [0.717, 1.165) is 25.9 Å². The molecule has 0 unspecified atom stereocenters. The summed E-state index contributed by atoms with van der Waals surface area (Å²) in [5.41, 5.74) is 0. The predicted molar refractivity (Wildman–Crippen MR) is 62.5 cm³/mol. The lowest BCUT2D eigenvalue weighted by Crippen LogP contribution is -2.39. The molecule has 1 saturated heterocycles. The molecule has 1 aliphatic heterocycles. The molecule has 0 saturated carbocycles. The summed E-state index contributed by atoms with van der Waals surface area (Å²) in [5.74, 6) is -0.348. The van der Waals surface area contributed by atoms with Crippen LogP contribution in [0.15, 0.2) is 0 Å². The van der Waals surface area contributed by atoms with Gasteiger partial charge in [-0.05, 0) is 31.6 Å². The first-order valence-electron chi connectivity index (χ1n) is 6.24. The molecule has 1 heterocycles. The minimum Gasteiger partial charge on any atom is -0.481 e. The predicted octanol–water partition coefficient (Wildman–Crippen LogP) is 0.862. The van der Waals surface area contributed by atoms with Crippen molar-refractivity contribution in [3.05, 3.63) is 0 Å². The number of rotatable bonds is 6. The van der Waals surface area contributed by atoms with E-state index in [-0.39, 0.29) is 18.9 Å². The second-order valence-corrected chi connectivity index (χ2v) is 4.61. The number of carboxylic acid groups (broad SMARTS) is 1. The number of aliphatic carboxylic acids is 1. The normalized spacial score (nSPS) is 17.1. The van der Waals surface area contributed by atoms with Crippen molar-refractivity contribution in [3.63, 3.8) is 0 Å². The molecule has 98 valence electrons. The highest BCUT2D eigenvalue weighted by molar-refractivity contribution is 5.76. The third-order valence-electron chi connectivity index (χ3n) is 3.26. The van der Waals surface area contributed by atoms with Crippen molar-refractivity contribution in [1.82, 2.24) is 4.90 Å². The Balaban J connectivity index is 2.14. The molecule has 5 heteroatoms. The van der Waals surface area contributed by atoms with Gasteiger partial charge in [0, 0.05) is 32.5 Å². The van der Waals surface area contributed by atoms with Gasteiger partial charge in [0.2, 0.25) is 5.91 Å². The molecule has 17 heavy (non-hydrogen) atoms. The van der Waals surface area contributed by atoms with E-state index in [1.54, 1.807) is 0 Å². The van der Waals surface area contributed by atoms with E-state index in [4.69, 9.17) is 10.2 Å². The Morgan fingerprint density at radius 3 is 2.24 bits per heavy atom. The van der Waals surface area contributed by atoms with Crippen LogP contribution in [0.25, 0.3) is 0 Å². The molecule has 0 aromatic rings. The number of aliphatic hydroxyl groups is 1. The molecular weight excluding hydrogens is 222 g/mol. The van der Waals surface area contributed by atoms with E-state index < -0.39 is 5.97 Å². The Bertz CT molecular complexity index is 259. The van der Waals surface area contributed by atoms with Crippen LogP contribution in [0.3, 0.4) is 0 Å². The Labute approximate surface area is 101 Å². The van der Waals surface area contributed by atoms with Crippen molar-refractivity contribution in [2.45, 2.75) is 38.5 Å². The third kappa shape index (κ3) is 5.17. The van der Waals surface area contributed by atoms with Gasteiger partial charge in [0.05, 0.1) is 0 Å². The summed E-state index contributed by atoms with van der Waals surface area (Å²) in [6.45, 7) is 1.66. The summed E-state index contributed by atoms with van der Waals surface area (Å²) in [7, 11) is 0. The minimum absolute atomic E-state index is 0.117. The molecule has 0 spiro atoms. The summed E-state index contributed by atoms with van der Waals surface area (Å²) in [5, 5.41) is 17.4. The number of carbonyl (C=O) groups is 2. The van der Waals surface area contributed by atoms with Crippen LogP contribution in [-0.2, 0) is 9.59 Å². The number of carbonyl (C=O) groups excluding carboxylic acids is 1. The molecule has 1 aliphatic rings. The van der Waals surface area contributed by atoms with Crippen molar-refractivity contribution in [2.75, 3.05) is 19.7 Å². The highest BCUT2D eigenvalue weighted by Crippen LogP contribution is 2.17. The summed E-state index contributed by atoms with van der Waals surface area (Å²) < 4.78 is 0. The van der Waals surface area contributed by atoms with Crippen LogP contribution in [0, 0.1) is 5.92 Å². The smallest absolute Gasteiger partial charge is 0.303 e. The van der Waals surface area contributed by atoms with Crippen molar-refractivity contribution >= 4 is 11.9 Å². The van der Waals surface area contributed by atoms with Crippen LogP contribution in [-0.4, -0.2) is 46.7 Å². The molecule has 2 N–H and O–H groups in total. The minimum atomic E-state index is -0.804. The molecule has 5 nitrogen and oxygen atoms in total. The Hall–Kier alpha value is -1.10. The number of carboxylic acids is 1. The fourth-order valence-electron chi connectivity index (χ4n) is 2.08. The summed E-state index contributed by atoms with van der Waals surface area (Å²) in [4.78, 5) is 23.9. The van der Waals surface area contributed by atoms with Gasteiger partial charge in [0.25, 0.3) is 0 Å². The van der Waals surface area contributed by atoms with Gasteiger partial charge in [-0.25, -0.2) is 0 Å². The third-order valence-corrected chi connectivity index (χ3v) is 3.26. The van der Waals surface area contributed by atoms with Crippen molar-refractivity contribution in [1.29, 1.82) is 0 Å². The molecule has 0 radical (unpaired) electrons. The molecule has 0 aromatic heterocycles. The molecular formula is C12H21NO4. The number of piperidine rings is 1. The second kappa shape index (κ2) is 7.27. The van der Waals surface area contributed by atoms with Crippen LogP contribution < -0.4 is 0 Å². The highest BCUT2D eigenvalue weighted by Gasteiger charge is 2.21. The first kappa shape index (κ1) is 14.0. The topological polar surface area (TPSA) is 77.8 Å². The Morgan fingerprint density at radius 2 is 1.71 bits per heavy atom. The monoisotopic (exact) mass is 243 g/mol. The standard InChI is InChI=1S/C12H21NO4/c14-9-10-5-7-13(8-6-10)11(15)3-1-2-4-12(16)17/h10,14H,1-9H2,(H,16,17). The van der Waals surface area contributed by atoms with E-state index in [0.29, 0.717) is 25.2 Å². The maximum absolute atomic E-state index is 11.8. The van der Waals surface area contributed by atoms with Crippen LogP contribution in [0.2, 0.25) is 0 Å². The van der Waals surface area contributed by atoms with Gasteiger partial charge < -0.3 is 15.1 Å². The maximum atomic E-state index is 11.8. The first-order chi connectivity index (χ1) is 8.13. The van der Waals surface area contributed by atoms with E-state index >= 15 is 0 Å². The van der Waals surface area contributed by atoms with Crippen LogP contribution in [0.1, 0.15) is 38.5 Å². The number of hydrogen-bond donors (Lipinski definition) is 2. The number of likely N-dealkylation sites (tertiary alicyclic amines) is 1. The zero-order chi connectivity index (χ0) is 12.7. The Kier molecular flexibility index (Phi) is 5.97. The number of nitrogens with zero attached hydrogens (tertiary/aromatic N) is 1. The van der Waals surface area contributed by atoms with E-state index in [1.165, 1.54) is 0 Å². The van der Waals surface area contributed by atoms with Gasteiger partial charge >= 0.3 is 5.97 Å². The van der Waals surface area contributed by atoms with E-state index in [1.807, 2.05) is 4.90 Å². The molecule has 1 rings (SSSR count). The van der Waals surface area contributed by atoms with Gasteiger partial charge in [0.1, 0.15) is 0 Å². The lowest BCUT2D eigenvalue weighted by molar-refractivity contribution is -0.137. The first-order valence-corrected chi connectivity index (χ1v) is 6.24. The van der Waals surface area contributed by atoms with Gasteiger partial charge in [-0.1, -0.05) is 0 Å². The molecule has 1 amide bonds. The zero-order valence-corrected chi connectivity index (χ0v) is 10.1. The maximum Gasteiger partial charge on any atom is 0.303 e. The molecule has 1 fully saturated rings. The van der Waals surface area contributed by atoms with E-state index in [2.05, 4.69) is 0 Å². The lowest BCUT2D eigenvalue weighted by atomic mass is 9.97. The SMILES string of the molecule is O=C(O)CCCCC(=O)N1CCC(CO)CC1. The zero-order valence-electron chi connectivity index (χ0n) is 10.1. The second-order valence-electron chi connectivity index (χ2n) is 4.61. The van der Waals surface area contributed by atoms with Crippen molar-refractivity contribution < 1.29 is 19.8 Å². The fraction of sp³-hybridized carbons (Fsp3) is 0.833. The Morgan fingerprint density at radius 1 is 1.12 bits per heavy atom. The summed E-state index contributed by atoms with van der Waals surface area (Å²) in [6.07, 6.45) is 3.53. The number of unbranched alkanes of at least 4 members (excludes halogenated alkanes) is 1. The fourth-order valence-corrected chi connectivity index (χ4v) is 2.08. The molecule has 0 aromatic carbocycles. The number of amides is 1. The van der Waals surface area contributed by atoms with Gasteiger partial charge in [-0.2, -0.15) is 0 Å². The van der Waals surface area contributed by atoms with Crippen molar-refractivity contribution in [3.8, 4) is 0 Å².